The highest BCUT2D eigenvalue weighted by Gasteiger charge is 2.28. The van der Waals surface area contributed by atoms with E-state index in [-0.39, 0.29) is 60.0 Å². The number of aromatic nitrogens is 4. The van der Waals surface area contributed by atoms with Crippen LogP contribution in [0.1, 0.15) is 52.8 Å². The number of hydrogen-bond donors (Lipinski definition) is 6. The van der Waals surface area contributed by atoms with Crippen LogP contribution in [0.5, 0.6) is 0 Å². The lowest BCUT2D eigenvalue weighted by Gasteiger charge is -2.17. The molecule has 3 unspecified atom stereocenters. The van der Waals surface area contributed by atoms with Crippen LogP contribution in [0.25, 0.3) is 5.69 Å². The van der Waals surface area contributed by atoms with Crippen molar-refractivity contribution in [1.82, 2.24) is 19.7 Å². The van der Waals surface area contributed by atoms with Crippen molar-refractivity contribution in [2.24, 2.45) is 15.4 Å². The largest absolute Gasteiger partial charge is 0.392 e. The average molecular weight is 580 g/mol. The molecule has 6 N–H and O–H groups in total. The Balaban J connectivity index is 2.23. The lowest BCUT2D eigenvalue weighted by Crippen LogP contribution is -2.21. The minimum atomic E-state index is -0.725. The predicted octanol–water partition coefficient (Wildman–Crippen LogP) is 4.02. The van der Waals surface area contributed by atoms with Crippen LogP contribution in [0.2, 0.25) is 0 Å². The molecule has 0 aliphatic rings. The van der Waals surface area contributed by atoms with Crippen molar-refractivity contribution < 1.29 is 15.3 Å². The Morgan fingerprint density at radius 1 is 0.905 bits per heavy atom. The Bertz CT molecular complexity index is 1400. The van der Waals surface area contributed by atoms with Crippen LogP contribution in [0, 0.1) is 16.2 Å². The van der Waals surface area contributed by atoms with Gasteiger partial charge in [0.1, 0.15) is 17.3 Å². The lowest BCUT2D eigenvalue weighted by atomic mass is 9.90. The summed E-state index contributed by atoms with van der Waals surface area (Å²) < 4.78 is 1.46. The predicted molar refractivity (Wildman–Crippen MR) is 159 cm³/mol. The molecule has 0 saturated carbocycles. The van der Waals surface area contributed by atoms with Crippen LogP contribution in [-0.4, -0.2) is 73.0 Å². The molecule has 0 fully saturated rings. The number of rotatable bonds is 13. The van der Waals surface area contributed by atoms with Crippen molar-refractivity contribution in [3.8, 4) is 11.8 Å². The van der Waals surface area contributed by atoms with E-state index >= 15 is 0 Å². The first-order chi connectivity index (χ1) is 19.8. The molecule has 224 valence electrons. The summed E-state index contributed by atoms with van der Waals surface area (Å²) in [5.74, 6) is 0.710. The number of nitriles is 1. The molecule has 0 aliphatic carbocycles. The van der Waals surface area contributed by atoms with Gasteiger partial charge in [-0.05, 0) is 50.2 Å². The van der Waals surface area contributed by atoms with E-state index in [0.717, 1.165) is 0 Å². The van der Waals surface area contributed by atoms with Gasteiger partial charge < -0.3 is 31.3 Å². The number of aliphatic hydroxyl groups excluding tert-OH is 3. The SMILES string of the molecule is CC(O)CNc1nc(NCC(C)O)c(N=Nc2c(C#N)c(C(C)(C)C)nn2-c2ccc(N=O)cc2)c(NCC(C)O)n1. The molecule has 0 radical (unpaired) electrons. The van der Waals surface area contributed by atoms with Crippen molar-refractivity contribution >= 4 is 34.8 Å². The maximum absolute atomic E-state index is 10.9. The third-order valence-electron chi connectivity index (χ3n) is 5.70. The first-order valence-corrected chi connectivity index (χ1v) is 13.4. The van der Waals surface area contributed by atoms with Crippen LogP contribution in [0.15, 0.2) is 39.7 Å². The van der Waals surface area contributed by atoms with Crippen molar-refractivity contribution in [3.63, 3.8) is 0 Å². The standard InChI is InChI=1S/C27H37N11O4/c1-15(39)12-29-23-21(24(30-13-16(2)40)33-26(32-23)31-14-17(3)41)34-35-25-20(11-28)22(27(4,5)6)36-38(25)19-9-7-18(37-42)8-10-19/h7-10,15-17,39-41H,12-14H2,1-6H3,(H3,29,30,31,32,33). The summed E-state index contributed by atoms with van der Waals surface area (Å²) >= 11 is 0. The maximum atomic E-state index is 10.9. The molecule has 3 rings (SSSR count). The van der Waals surface area contributed by atoms with Crippen LogP contribution in [-0.2, 0) is 5.41 Å². The van der Waals surface area contributed by atoms with E-state index in [1.54, 1.807) is 32.9 Å². The summed E-state index contributed by atoms with van der Waals surface area (Å²) in [6, 6.07) is 8.51. The normalized spacial score (nSPS) is 13.8. The molecule has 0 spiro atoms. The van der Waals surface area contributed by atoms with Gasteiger partial charge in [0.15, 0.2) is 23.1 Å². The molecule has 0 amide bonds. The summed E-state index contributed by atoms with van der Waals surface area (Å²) in [5.41, 5.74) is 1.08. The Kier molecular flexibility index (Phi) is 10.6. The van der Waals surface area contributed by atoms with Crippen molar-refractivity contribution in [2.45, 2.75) is 65.3 Å². The first-order valence-electron chi connectivity index (χ1n) is 13.4. The van der Waals surface area contributed by atoms with E-state index in [1.165, 1.54) is 16.8 Å². The van der Waals surface area contributed by atoms with Crippen LogP contribution < -0.4 is 16.0 Å². The lowest BCUT2D eigenvalue weighted by molar-refractivity contribution is 0.208. The fourth-order valence-corrected chi connectivity index (χ4v) is 3.66. The number of hydrogen-bond acceptors (Lipinski definition) is 14. The van der Waals surface area contributed by atoms with E-state index in [4.69, 9.17) is 0 Å². The van der Waals surface area contributed by atoms with Gasteiger partial charge >= 0.3 is 0 Å². The Morgan fingerprint density at radius 2 is 1.43 bits per heavy atom. The Morgan fingerprint density at radius 3 is 1.88 bits per heavy atom. The molecule has 42 heavy (non-hydrogen) atoms. The van der Waals surface area contributed by atoms with Gasteiger partial charge in [-0.3, -0.25) is 0 Å². The first kappa shape index (κ1) is 32.0. The molecule has 1 aromatic carbocycles. The van der Waals surface area contributed by atoms with E-state index in [9.17, 15) is 25.5 Å². The summed E-state index contributed by atoms with van der Waals surface area (Å²) in [6.45, 7) is 11.0. The fourth-order valence-electron chi connectivity index (χ4n) is 3.66. The zero-order valence-electron chi connectivity index (χ0n) is 24.5. The second-order valence-electron chi connectivity index (χ2n) is 10.9. The number of aliphatic hydroxyl groups is 3. The van der Waals surface area contributed by atoms with Gasteiger partial charge in [0.05, 0.1) is 29.7 Å². The summed E-state index contributed by atoms with van der Waals surface area (Å²) in [7, 11) is 0. The minimum Gasteiger partial charge on any atom is -0.392 e. The van der Waals surface area contributed by atoms with E-state index in [0.29, 0.717) is 11.4 Å². The van der Waals surface area contributed by atoms with Gasteiger partial charge in [-0.1, -0.05) is 20.8 Å². The molecule has 0 bridgehead atoms. The maximum Gasteiger partial charge on any atom is 0.226 e. The van der Waals surface area contributed by atoms with Gasteiger partial charge in [-0.2, -0.15) is 20.3 Å². The number of benzene rings is 1. The molecule has 3 atom stereocenters. The summed E-state index contributed by atoms with van der Waals surface area (Å²) in [6.07, 6.45) is -2.12. The minimum absolute atomic E-state index is 0.123. The zero-order chi connectivity index (χ0) is 31.0. The number of nitrogens with zero attached hydrogens (tertiary/aromatic N) is 8. The van der Waals surface area contributed by atoms with Crippen molar-refractivity contribution in [2.75, 3.05) is 35.6 Å². The molecule has 0 saturated heterocycles. The zero-order valence-corrected chi connectivity index (χ0v) is 24.5. The van der Waals surface area contributed by atoms with Crippen molar-refractivity contribution in [1.29, 1.82) is 5.26 Å². The van der Waals surface area contributed by atoms with Crippen LogP contribution in [0.4, 0.5) is 34.8 Å². The van der Waals surface area contributed by atoms with E-state index in [2.05, 4.69) is 52.5 Å². The number of nitrogens with one attached hydrogen (secondary N) is 3. The topological polar surface area (TPSA) is 218 Å². The number of nitroso groups, excluding NO2 is 1. The molecule has 15 nitrogen and oxygen atoms in total. The monoisotopic (exact) mass is 579 g/mol. The summed E-state index contributed by atoms with van der Waals surface area (Å²) in [5, 5.41) is 65.2. The highest BCUT2D eigenvalue weighted by molar-refractivity contribution is 5.75. The molecular weight excluding hydrogens is 542 g/mol. The second kappa shape index (κ2) is 13.9. The Labute approximate surface area is 243 Å². The number of anilines is 3. The van der Waals surface area contributed by atoms with Crippen LogP contribution in [0.3, 0.4) is 0 Å². The molecule has 3 aromatic rings. The average Bonchev–Trinajstić information content (AvgIpc) is 3.32. The molecular formula is C27H37N11O4. The molecule has 2 heterocycles. The Hall–Kier alpha value is -4.52. The quantitative estimate of drug-likeness (QED) is 0.125. The van der Waals surface area contributed by atoms with Gasteiger partial charge in [0.2, 0.25) is 5.95 Å². The van der Waals surface area contributed by atoms with Gasteiger partial charge in [0.25, 0.3) is 0 Å². The molecule has 2 aromatic heterocycles. The fraction of sp³-hybridized carbons (Fsp3) is 0.481. The second-order valence-corrected chi connectivity index (χ2v) is 10.9. The van der Waals surface area contributed by atoms with Gasteiger partial charge in [-0.15, -0.1) is 15.1 Å². The number of azo groups is 1. The molecule has 0 aliphatic heterocycles. The van der Waals surface area contributed by atoms with E-state index in [1.807, 2.05) is 20.8 Å². The molecule has 15 heteroatoms. The highest BCUT2D eigenvalue weighted by Crippen LogP contribution is 2.37. The van der Waals surface area contributed by atoms with Gasteiger partial charge in [-0.25, -0.2) is 4.68 Å². The third-order valence-corrected chi connectivity index (χ3v) is 5.70. The smallest absolute Gasteiger partial charge is 0.226 e. The highest BCUT2D eigenvalue weighted by atomic mass is 16.3. The van der Waals surface area contributed by atoms with Crippen molar-refractivity contribution in [3.05, 3.63) is 40.4 Å². The third kappa shape index (κ3) is 8.26. The summed E-state index contributed by atoms with van der Waals surface area (Å²) in [4.78, 5) is 19.9. The van der Waals surface area contributed by atoms with Crippen LogP contribution >= 0.6 is 0 Å². The van der Waals surface area contributed by atoms with Gasteiger partial charge in [0, 0.05) is 25.0 Å². The van der Waals surface area contributed by atoms with E-state index < -0.39 is 23.7 Å².